The van der Waals surface area contributed by atoms with Crippen LogP contribution in [0.4, 0.5) is 4.79 Å². The quantitative estimate of drug-likeness (QED) is 0.858. The molecule has 0 aliphatic carbocycles. The number of piperidine rings is 1. The minimum atomic E-state index is -0.0256. The first-order valence-corrected chi connectivity index (χ1v) is 9.98. The molecule has 1 atom stereocenters. The van der Waals surface area contributed by atoms with Gasteiger partial charge < -0.3 is 15.1 Å². The van der Waals surface area contributed by atoms with Crippen LogP contribution in [0.3, 0.4) is 0 Å². The van der Waals surface area contributed by atoms with Crippen LogP contribution in [-0.4, -0.2) is 73.1 Å². The van der Waals surface area contributed by atoms with E-state index in [1.165, 1.54) is 6.42 Å². The molecule has 5 nitrogen and oxygen atoms in total. The molecular formula is C20H31ClN4O. The molecule has 1 aromatic carbocycles. The Morgan fingerprint density at radius 1 is 1.12 bits per heavy atom. The summed E-state index contributed by atoms with van der Waals surface area (Å²) in [5.41, 5.74) is 1.28. The van der Waals surface area contributed by atoms with E-state index in [1.54, 1.807) is 0 Å². The summed E-state index contributed by atoms with van der Waals surface area (Å²) in [4.78, 5) is 19.6. The highest BCUT2D eigenvalue weighted by Gasteiger charge is 2.41. The second-order valence-corrected chi connectivity index (χ2v) is 8.38. The van der Waals surface area contributed by atoms with Crippen molar-refractivity contribution in [1.82, 2.24) is 20.0 Å². The van der Waals surface area contributed by atoms with Gasteiger partial charge in [-0.15, -0.1) is 0 Å². The number of nitrogens with one attached hydrogen (secondary N) is 1. The van der Waals surface area contributed by atoms with Gasteiger partial charge in [0.25, 0.3) is 0 Å². The molecule has 2 aliphatic heterocycles. The predicted octanol–water partition coefficient (Wildman–Crippen LogP) is 3.21. The van der Waals surface area contributed by atoms with Crippen molar-refractivity contribution in [2.75, 3.05) is 46.8 Å². The number of rotatable bonds is 2. The minimum Gasteiger partial charge on any atom is -0.331 e. The third-order valence-electron chi connectivity index (χ3n) is 6.10. The molecule has 2 amide bonds. The van der Waals surface area contributed by atoms with Gasteiger partial charge in [0.1, 0.15) is 0 Å². The number of benzene rings is 1. The van der Waals surface area contributed by atoms with Crippen LogP contribution in [0, 0.1) is 0 Å². The van der Waals surface area contributed by atoms with Gasteiger partial charge in [0.15, 0.2) is 0 Å². The van der Waals surface area contributed by atoms with Crippen molar-refractivity contribution in [2.45, 2.75) is 37.8 Å². The van der Waals surface area contributed by atoms with E-state index >= 15 is 0 Å². The lowest BCUT2D eigenvalue weighted by Gasteiger charge is -2.47. The lowest BCUT2D eigenvalue weighted by atomic mass is 9.85. The van der Waals surface area contributed by atoms with Gasteiger partial charge in [-0.05, 0) is 71.1 Å². The first-order valence-electron chi connectivity index (χ1n) is 9.60. The average molecular weight is 379 g/mol. The Morgan fingerprint density at radius 3 is 2.42 bits per heavy atom. The summed E-state index contributed by atoms with van der Waals surface area (Å²) in [6.45, 7) is 7.05. The Morgan fingerprint density at radius 2 is 1.77 bits per heavy atom. The summed E-state index contributed by atoms with van der Waals surface area (Å²) in [5.74, 6) is 0. The van der Waals surface area contributed by atoms with Crippen LogP contribution in [0.5, 0.6) is 0 Å². The monoisotopic (exact) mass is 378 g/mol. The molecule has 144 valence electrons. The standard InChI is InChI=1S/C20H31ClN4O/c1-16(17-5-7-18(21)8-6-17)22-19(26)25-13-9-20(10-14-25)15-23(2)11-4-12-24(20)3/h5-8,16H,4,9-15H2,1-3H3,(H,22,26)/t16-/m0/s1. The summed E-state index contributed by atoms with van der Waals surface area (Å²) in [5, 5.41) is 3.84. The second kappa shape index (κ2) is 8.15. The van der Waals surface area contributed by atoms with Crippen molar-refractivity contribution in [2.24, 2.45) is 0 Å². The molecule has 1 N–H and O–H groups in total. The van der Waals surface area contributed by atoms with Gasteiger partial charge in [0, 0.05) is 30.2 Å². The molecule has 2 aliphatic rings. The molecule has 1 spiro atoms. The molecule has 2 heterocycles. The molecule has 0 radical (unpaired) electrons. The van der Waals surface area contributed by atoms with E-state index in [1.807, 2.05) is 36.1 Å². The predicted molar refractivity (Wildman–Crippen MR) is 107 cm³/mol. The van der Waals surface area contributed by atoms with Crippen LogP contribution in [0.15, 0.2) is 24.3 Å². The van der Waals surface area contributed by atoms with Gasteiger partial charge >= 0.3 is 6.03 Å². The fourth-order valence-corrected chi connectivity index (χ4v) is 4.42. The minimum absolute atomic E-state index is 0.0256. The number of halogens is 1. The fourth-order valence-electron chi connectivity index (χ4n) is 4.29. The number of nitrogens with zero attached hydrogens (tertiary/aromatic N) is 3. The van der Waals surface area contributed by atoms with Crippen molar-refractivity contribution >= 4 is 17.6 Å². The normalized spacial score (nSPS) is 22.8. The van der Waals surface area contributed by atoms with Crippen molar-refractivity contribution in [3.63, 3.8) is 0 Å². The SMILES string of the molecule is C[C@H](NC(=O)N1CCC2(CC1)CN(C)CCCN2C)c1ccc(Cl)cc1. The van der Waals surface area contributed by atoms with E-state index in [0.29, 0.717) is 5.02 Å². The molecule has 0 aromatic heterocycles. The molecule has 3 rings (SSSR count). The van der Waals surface area contributed by atoms with Gasteiger partial charge in [-0.1, -0.05) is 23.7 Å². The number of amides is 2. The largest absolute Gasteiger partial charge is 0.331 e. The summed E-state index contributed by atoms with van der Waals surface area (Å²) in [6.07, 6.45) is 3.30. The molecule has 6 heteroatoms. The topological polar surface area (TPSA) is 38.8 Å². The third kappa shape index (κ3) is 4.33. The van der Waals surface area contributed by atoms with Crippen molar-refractivity contribution in [1.29, 1.82) is 0 Å². The average Bonchev–Trinajstić information content (AvgIpc) is 2.75. The molecule has 26 heavy (non-hydrogen) atoms. The number of hydrogen-bond donors (Lipinski definition) is 1. The molecule has 0 unspecified atom stereocenters. The molecule has 0 bridgehead atoms. The van der Waals surface area contributed by atoms with Gasteiger partial charge in [0.2, 0.25) is 0 Å². The number of likely N-dealkylation sites (N-methyl/N-ethyl adjacent to an activating group) is 2. The van der Waals surface area contributed by atoms with Crippen molar-refractivity contribution in [3.05, 3.63) is 34.9 Å². The van der Waals surface area contributed by atoms with Crippen LogP contribution in [0.2, 0.25) is 5.02 Å². The number of carbonyl (C=O) groups is 1. The summed E-state index contributed by atoms with van der Waals surface area (Å²) >= 11 is 5.95. The van der Waals surface area contributed by atoms with Gasteiger partial charge in [-0.25, -0.2) is 4.79 Å². The second-order valence-electron chi connectivity index (χ2n) is 7.95. The molecule has 0 saturated carbocycles. The molecule has 2 fully saturated rings. The molecular weight excluding hydrogens is 348 g/mol. The van der Waals surface area contributed by atoms with Gasteiger partial charge in [-0.3, -0.25) is 4.90 Å². The highest BCUT2D eigenvalue weighted by atomic mass is 35.5. The van der Waals surface area contributed by atoms with Gasteiger partial charge in [0.05, 0.1) is 6.04 Å². The Balaban J connectivity index is 1.57. The van der Waals surface area contributed by atoms with Crippen molar-refractivity contribution in [3.8, 4) is 0 Å². The van der Waals surface area contributed by atoms with Crippen LogP contribution in [0.25, 0.3) is 0 Å². The van der Waals surface area contributed by atoms with E-state index in [0.717, 1.165) is 51.1 Å². The Bertz CT molecular complexity index is 613. The zero-order chi connectivity index (χ0) is 18.7. The molecule has 2 saturated heterocycles. The number of likely N-dealkylation sites (tertiary alicyclic amines) is 1. The van der Waals surface area contributed by atoms with E-state index in [-0.39, 0.29) is 17.6 Å². The Labute approximate surface area is 162 Å². The smallest absolute Gasteiger partial charge is 0.317 e. The van der Waals surface area contributed by atoms with E-state index in [2.05, 4.69) is 29.2 Å². The van der Waals surface area contributed by atoms with Crippen LogP contribution < -0.4 is 5.32 Å². The summed E-state index contributed by atoms with van der Waals surface area (Å²) in [6, 6.07) is 7.67. The summed E-state index contributed by atoms with van der Waals surface area (Å²) < 4.78 is 0. The fraction of sp³-hybridized carbons (Fsp3) is 0.650. The third-order valence-corrected chi connectivity index (χ3v) is 6.35. The van der Waals surface area contributed by atoms with E-state index in [4.69, 9.17) is 11.6 Å². The highest BCUT2D eigenvalue weighted by Crippen LogP contribution is 2.31. The maximum absolute atomic E-state index is 12.7. The number of urea groups is 1. The lowest BCUT2D eigenvalue weighted by molar-refractivity contribution is 0.0420. The Kier molecular flexibility index (Phi) is 6.10. The van der Waals surface area contributed by atoms with Gasteiger partial charge in [-0.2, -0.15) is 0 Å². The first-order chi connectivity index (χ1) is 12.4. The first kappa shape index (κ1) is 19.5. The molecule has 1 aromatic rings. The van der Waals surface area contributed by atoms with E-state index < -0.39 is 0 Å². The van der Waals surface area contributed by atoms with Crippen molar-refractivity contribution < 1.29 is 4.79 Å². The van der Waals surface area contributed by atoms with E-state index in [9.17, 15) is 4.79 Å². The summed E-state index contributed by atoms with van der Waals surface area (Å²) in [7, 11) is 4.46. The highest BCUT2D eigenvalue weighted by molar-refractivity contribution is 6.30. The zero-order valence-electron chi connectivity index (χ0n) is 16.2. The van der Waals surface area contributed by atoms with Crippen LogP contribution >= 0.6 is 11.6 Å². The maximum Gasteiger partial charge on any atom is 0.317 e. The van der Waals surface area contributed by atoms with Crippen LogP contribution in [-0.2, 0) is 0 Å². The number of hydrogen-bond acceptors (Lipinski definition) is 3. The number of carbonyl (C=O) groups excluding carboxylic acids is 1. The Hall–Kier alpha value is -1.30. The maximum atomic E-state index is 12.7. The zero-order valence-corrected chi connectivity index (χ0v) is 16.9. The van der Waals surface area contributed by atoms with Crippen LogP contribution in [0.1, 0.15) is 37.8 Å². The lowest BCUT2D eigenvalue weighted by Crippen LogP contribution is -2.59.